The zero-order valence-corrected chi connectivity index (χ0v) is 12.9. The van der Waals surface area contributed by atoms with Gasteiger partial charge in [-0.2, -0.15) is 5.10 Å². The summed E-state index contributed by atoms with van der Waals surface area (Å²) in [7, 11) is 0. The molecule has 0 aliphatic carbocycles. The van der Waals surface area contributed by atoms with E-state index in [1.807, 2.05) is 0 Å². The van der Waals surface area contributed by atoms with Gasteiger partial charge >= 0.3 is 0 Å². The molecule has 1 atom stereocenters. The second kappa shape index (κ2) is 6.12. The summed E-state index contributed by atoms with van der Waals surface area (Å²) in [5, 5.41) is 7.29. The molecule has 1 unspecified atom stereocenters. The topological polar surface area (TPSA) is 54.7 Å². The van der Waals surface area contributed by atoms with Crippen LogP contribution < -0.4 is 5.73 Å². The first kappa shape index (κ1) is 14.6. The molecule has 0 aliphatic heterocycles. The van der Waals surface area contributed by atoms with Crippen molar-refractivity contribution in [2.75, 3.05) is 5.73 Å². The summed E-state index contributed by atoms with van der Waals surface area (Å²) in [6.07, 6.45) is 2.15. The molecule has 3 N–H and O–H groups in total. The number of anilines is 1. The smallest absolute Gasteiger partial charge is 0.153 e. The molecule has 1 heterocycles. The van der Waals surface area contributed by atoms with Crippen molar-refractivity contribution in [3.05, 3.63) is 35.5 Å². The van der Waals surface area contributed by atoms with Crippen LogP contribution in [0.4, 0.5) is 5.82 Å². The van der Waals surface area contributed by atoms with E-state index in [4.69, 9.17) is 5.73 Å². The van der Waals surface area contributed by atoms with Crippen LogP contribution in [0.2, 0.25) is 0 Å². The van der Waals surface area contributed by atoms with Crippen LogP contribution in [0.15, 0.2) is 24.3 Å². The molecular weight excluding hydrogens is 246 g/mol. The number of hydrogen-bond acceptors (Lipinski definition) is 2. The monoisotopic (exact) mass is 271 g/mol. The second-order valence-electron chi connectivity index (χ2n) is 5.96. The quantitative estimate of drug-likeness (QED) is 0.848. The van der Waals surface area contributed by atoms with Crippen LogP contribution in [0.3, 0.4) is 0 Å². The van der Waals surface area contributed by atoms with E-state index < -0.39 is 0 Å². The molecule has 2 rings (SSSR count). The van der Waals surface area contributed by atoms with Gasteiger partial charge in [0.15, 0.2) is 5.82 Å². The van der Waals surface area contributed by atoms with Crippen molar-refractivity contribution in [3.63, 3.8) is 0 Å². The molecule has 3 nitrogen and oxygen atoms in total. The van der Waals surface area contributed by atoms with Crippen molar-refractivity contribution >= 4 is 5.82 Å². The molecular formula is C17H25N3. The maximum atomic E-state index is 6.05. The first-order valence-corrected chi connectivity index (χ1v) is 7.46. The Morgan fingerprint density at radius 2 is 1.80 bits per heavy atom. The third-order valence-corrected chi connectivity index (χ3v) is 3.98. The van der Waals surface area contributed by atoms with E-state index in [2.05, 4.69) is 62.2 Å². The number of H-pyrrole nitrogens is 1. The fraction of sp³-hybridized carbons (Fsp3) is 0.471. The Labute approximate surface area is 121 Å². The van der Waals surface area contributed by atoms with Crippen molar-refractivity contribution in [2.24, 2.45) is 5.92 Å². The van der Waals surface area contributed by atoms with Gasteiger partial charge in [0.25, 0.3) is 0 Å². The van der Waals surface area contributed by atoms with E-state index in [-0.39, 0.29) is 0 Å². The molecule has 0 amide bonds. The number of aromatic nitrogens is 2. The van der Waals surface area contributed by atoms with Crippen LogP contribution in [0.5, 0.6) is 0 Å². The lowest BCUT2D eigenvalue weighted by molar-refractivity contribution is 0.552. The molecule has 1 aromatic heterocycles. The van der Waals surface area contributed by atoms with Gasteiger partial charge in [0, 0.05) is 11.3 Å². The minimum Gasteiger partial charge on any atom is -0.382 e. The van der Waals surface area contributed by atoms with E-state index in [9.17, 15) is 0 Å². The highest BCUT2D eigenvalue weighted by Crippen LogP contribution is 2.30. The summed E-state index contributed by atoms with van der Waals surface area (Å²) in [5.41, 5.74) is 10.8. The van der Waals surface area contributed by atoms with E-state index in [1.54, 1.807) is 0 Å². The van der Waals surface area contributed by atoms with Crippen LogP contribution in [0.25, 0.3) is 11.1 Å². The van der Waals surface area contributed by atoms with Crippen LogP contribution in [-0.4, -0.2) is 10.2 Å². The highest BCUT2D eigenvalue weighted by Gasteiger charge is 2.15. The zero-order chi connectivity index (χ0) is 14.7. The molecule has 1 aromatic carbocycles. The number of nitrogen functional groups attached to an aromatic ring is 1. The van der Waals surface area contributed by atoms with Crippen molar-refractivity contribution in [2.45, 2.75) is 46.5 Å². The number of aromatic amines is 1. The van der Waals surface area contributed by atoms with Gasteiger partial charge in [0.05, 0.1) is 0 Å². The molecule has 0 saturated carbocycles. The Morgan fingerprint density at radius 1 is 1.15 bits per heavy atom. The minimum atomic E-state index is 0.547. The number of nitrogens with one attached hydrogen (secondary N) is 1. The van der Waals surface area contributed by atoms with Gasteiger partial charge in [0.1, 0.15) is 0 Å². The number of nitrogens with zero attached hydrogens (tertiary/aromatic N) is 1. The fourth-order valence-electron chi connectivity index (χ4n) is 2.39. The van der Waals surface area contributed by atoms with E-state index in [1.165, 1.54) is 5.56 Å². The first-order valence-electron chi connectivity index (χ1n) is 7.46. The third-order valence-electron chi connectivity index (χ3n) is 3.98. The molecule has 0 saturated heterocycles. The molecule has 108 valence electrons. The molecule has 3 heteroatoms. The number of hydrogen-bond donors (Lipinski definition) is 2. The maximum absolute atomic E-state index is 6.05. The van der Waals surface area contributed by atoms with Gasteiger partial charge in [0.2, 0.25) is 0 Å². The highest BCUT2D eigenvalue weighted by molar-refractivity contribution is 5.76. The van der Waals surface area contributed by atoms with Crippen LogP contribution >= 0.6 is 0 Å². The van der Waals surface area contributed by atoms with Crippen LogP contribution in [-0.2, 0) is 6.42 Å². The molecule has 0 spiro atoms. The maximum Gasteiger partial charge on any atom is 0.153 e. The van der Waals surface area contributed by atoms with Crippen molar-refractivity contribution in [3.8, 4) is 11.1 Å². The summed E-state index contributed by atoms with van der Waals surface area (Å²) < 4.78 is 0. The van der Waals surface area contributed by atoms with Crippen LogP contribution in [0, 0.1) is 5.92 Å². The molecule has 20 heavy (non-hydrogen) atoms. The molecule has 0 aliphatic rings. The lowest BCUT2D eigenvalue weighted by atomic mass is 9.95. The van der Waals surface area contributed by atoms with Crippen molar-refractivity contribution in [1.29, 1.82) is 0 Å². The van der Waals surface area contributed by atoms with Gasteiger partial charge in [-0.3, -0.25) is 5.10 Å². The summed E-state index contributed by atoms with van der Waals surface area (Å²) in [6.45, 7) is 8.87. The third kappa shape index (κ3) is 3.03. The Bertz CT molecular complexity index is 552. The average Bonchev–Trinajstić information content (AvgIpc) is 2.79. The standard InChI is InChI=1S/C17H25N3/c1-5-12(4)10-15-16(17(18)20-19-15)14-8-6-13(7-9-14)11(2)3/h6-9,11-12H,5,10H2,1-4H3,(H3,18,19,20). The van der Waals surface area contributed by atoms with Crippen molar-refractivity contribution in [1.82, 2.24) is 10.2 Å². The summed E-state index contributed by atoms with van der Waals surface area (Å²) >= 11 is 0. The van der Waals surface area contributed by atoms with Crippen LogP contribution in [0.1, 0.15) is 51.3 Å². The van der Waals surface area contributed by atoms with E-state index in [0.29, 0.717) is 17.7 Å². The highest BCUT2D eigenvalue weighted by atomic mass is 15.2. The lowest BCUT2D eigenvalue weighted by Crippen LogP contribution is -2.00. The summed E-state index contributed by atoms with van der Waals surface area (Å²) in [5.74, 6) is 1.77. The molecule has 0 fully saturated rings. The SMILES string of the molecule is CCC(C)Cc1[nH]nc(N)c1-c1ccc(C(C)C)cc1. The predicted molar refractivity (Wildman–Crippen MR) is 85.7 cm³/mol. The Balaban J connectivity index is 2.34. The fourth-order valence-corrected chi connectivity index (χ4v) is 2.39. The molecule has 0 radical (unpaired) electrons. The van der Waals surface area contributed by atoms with Gasteiger partial charge in [-0.25, -0.2) is 0 Å². The van der Waals surface area contributed by atoms with Crippen molar-refractivity contribution < 1.29 is 0 Å². The number of nitrogens with two attached hydrogens (primary N) is 1. The van der Waals surface area contributed by atoms with E-state index >= 15 is 0 Å². The van der Waals surface area contributed by atoms with Gasteiger partial charge < -0.3 is 5.73 Å². The predicted octanol–water partition coefficient (Wildman–Crippen LogP) is 4.37. The Kier molecular flexibility index (Phi) is 4.48. The lowest BCUT2D eigenvalue weighted by Gasteiger charge is -2.10. The summed E-state index contributed by atoms with van der Waals surface area (Å²) in [4.78, 5) is 0. The van der Waals surface area contributed by atoms with Gasteiger partial charge in [-0.15, -0.1) is 0 Å². The summed E-state index contributed by atoms with van der Waals surface area (Å²) in [6, 6.07) is 8.66. The normalized spacial score (nSPS) is 12.8. The first-order chi connectivity index (χ1) is 9.52. The zero-order valence-electron chi connectivity index (χ0n) is 12.9. The average molecular weight is 271 g/mol. The van der Waals surface area contributed by atoms with Gasteiger partial charge in [-0.1, -0.05) is 58.4 Å². The van der Waals surface area contributed by atoms with E-state index in [0.717, 1.165) is 29.7 Å². The number of benzene rings is 1. The Morgan fingerprint density at radius 3 is 2.35 bits per heavy atom. The number of rotatable bonds is 5. The Hall–Kier alpha value is -1.77. The van der Waals surface area contributed by atoms with Gasteiger partial charge in [-0.05, 0) is 29.4 Å². The minimum absolute atomic E-state index is 0.547. The molecule has 2 aromatic rings. The largest absolute Gasteiger partial charge is 0.382 e. The second-order valence-corrected chi connectivity index (χ2v) is 5.96. The molecule has 0 bridgehead atoms.